The van der Waals surface area contributed by atoms with E-state index in [0.29, 0.717) is 16.0 Å². The quantitative estimate of drug-likeness (QED) is 0.809. The summed E-state index contributed by atoms with van der Waals surface area (Å²) >= 11 is 8.28. The number of hydrogen-bond acceptors (Lipinski definition) is 2. The Morgan fingerprint density at radius 2 is 2.20 bits per heavy atom. The van der Waals surface area contributed by atoms with Gasteiger partial charge in [0.15, 0.2) is 0 Å². The first-order valence-corrected chi connectivity index (χ1v) is 5.38. The highest BCUT2D eigenvalue weighted by Crippen LogP contribution is 2.17. The molecule has 0 unspecified atom stereocenters. The zero-order chi connectivity index (χ0) is 10.8. The molecule has 2 rings (SSSR count). The lowest BCUT2D eigenvalue weighted by molar-refractivity contribution is 0.628. The lowest BCUT2D eigenvalue weighted by atomic mass is 10.2. The van der Waals surface area contributed by atoms with Gasteiger partial charge in [0.2, 0.25) is 0 Å². The molecule has 0 saturated carbocycles. The maximum Gasteiger partial charge on any atom is 0.138 e. The maximum atomic E-state index is 13.0. The van der Waals surface area contributed by atoms with Crippen molar-refractivity contribution in [2.24, 2.45) is 0 Å². The normalized spacial score (nSPS) is 10.3. The molecule has 5 heteroatoms. The van der Waals surface area contributed by atoms with E-state index in [9.17, 15) is 4.39 Å². The van der Waals surface area contributed by atoms with Crippen molar-refractivity contribution in [3.05, 3.63) is 45.4 Å². The van der Waals surface area contributed by atoms with E-state index in [0.717, 1.165) is 4.47 Å². The molecule has 0 atom stereocenters. The molecule has 0 aliphatic rings. The number of H-pyrrole nitrogens is 1. The molecule has 0 fully saturated rings. The molecule has 0 bridgehead atoms. The van der Waals surface area contributed by atoms with Crippen molar-refractivity contribution in [1.82, 2.24) is 9.97 Å². The van der Waals surface area contributed by atoms with Gasteiger partial charge in [-0.15, -0.1) is 0 Å². The van der Waals surface area contributed by atoms with Crippen LogP contribution < -0.4 is 0 Å². The van der Waals surface area contributed by atoms with Crippen LogP contribution in [0.15, 0.2) is 34.9 Å². The molecule has 2 nitrogen and oxygen atoms in total. The first-order chi connectivity index (χ1) is 7.16. The number of halogens is 2. The zero-order valence-electron chi connectivity index (χ0n) is 7.50. The number of benzene rings is 1. The van der Waals surface area contributed by atoms with Crippen LogP contribution in [0.5, 0.6) is 0 Å². The number of nitrogens with zero attached hydrogens (tertiary/aromatic N) is 1. The monoisotopic (exact) mass is 284 g/mol. The van der Waals surface area contributed by atoms with Gasteiger partial charge >= 0.3 is 0 Å². The summed E-state index contributed by atoms with van der Waals surface area (Å²) in [5.74, 6) is 0.263. The molecule has 0 amide bonds. The van der Waals surface area contributed by atoms with Crippen molar-refractivity contribution < 1.29 is 4.39 Å². The summed E-state index contributed by atoms with van der Waals surface area (Å²) in [7, 11) is 0. The minimum Gasteiger partial charge on any atom is -0.330 e. The third-order valence-corrected chi connectivity index (χ3v) is 3.04. The third kappa shape index (κ3) is 2.30. The van der Waals surface area contributed by atoms with Gasteiger partial charge in [-0.1, -0.05) is 24.4 Å². The fourth-order valence-corrected chi connectivity index (χ4v) is 1.51. The van der Waals surface area contributed by atoms with Crippen LogP contribution in [0.4, 0.5) is 4.39 Å². The Labute approximate surface area is 99.3 Å². The summed E-state index contributed by atoms with van der Waals surface area (Å²) in [4.78, 5) is 7.02. The molecule has 76 valence electrons. The molecule has 1 aromatic heterocycles. The van der Waals surface area contributed by atoms with Gasteiger partial charge in [0.25, 0.3) is 0 Å². The van der Waals surface area contributed by atoms with Crippen molar-refractivity contribution in [3.63, 3.8) is 0 Å². The largest absolute Gasteiger partial charge is 0.330 e. The van der Waals surface area contributed by atoms with E-state index in [1.807, 2.05) is 0 Å². The van der Waals surface area contributed by atoms with Gasteiger partial charge < -0.3 is 4.98 Å². The summed E-state index contributed by atoms with van der Waals surface area (Å²) in [6, 6.07) is 6.19. The number of aromatic nitrogens is 2. The summed E-state index contributed by atoms with van der Waals surface area (Å²) in [5, 5.41) is 0. The first kappa shape index (κ1) is 10.4. The predicted molar refractivity (Wildman–Crippen MR) is 62.5 cm³/mol. The van der Waals surface area contributed by atoms with Crippen LogP contribution in [-0.2, 0) is 0 Å². The van der Waals surface area contributed by atoms with E-state index in [-0.39, 0.29) is 5.82 Å². The van der Waals surface area contributed by atoms with E-state index >= 15 is 0 Å². The van der Waals surface area contributed by atoms with Crippen molar-refractivity contribution >= 4 is 28.1 Å². The Balaban J connectivity index is 2.55. The fraction of sp³-hybridized carbons (Fsp3) is 0. The van der Waals surface area contributed by atoms with Crippen molar-refractivity contribution in [1.29, 1.82) is 0 Å². The van der Waals surface area contributed by atoms with Crippen molar-refractivity contribution in [2.75, 3.05) is 0 Å². The van der Waals surface area contributed by atoms with Crippen LogP contribution in [-0.4, -0.2) is 9.97 Å². The van der Waals surface area contributed by atoms with Crippen LogP contribution in [0.25, 0.3) is 11.4 Å². The molecule has 1 heterocycles. The molecule has 0 spiro atoms. The minimum absolute atomic E-state index is 0.295. The number of aromatic amines is 1. The topological polar surface area (TPSA) is 28.7 Å². The highest BCUT2D eigenvalue weighted by atomic mass is 79.9. The van der Waals surface area contributed by atoms with Gasteiger partial charge in [-0.05, 0) is 28.1 Å². The van der Waals surface area contributed by atoms with Gasteiger partial charge in [-0.25, -0.2) is 9.37 Å². The van der Waals surface area contributed by atoms with Gasteiger partial charge in [0, 0.05) is 11.8 Å². The first-order valence-electron chi connectivity index (χ1n) is 4.17. The van der Waals surface area contributed by atoms with Gasteiger partial charge in [-0.2, -0.15) is 0 Å². The van der Waals surface area contributed by atoms with Crippen LogP contribution in [0.2, 0.25) is 0 Å². The maximum absolute atomic E-state index is 13.0. The second-order valence-corrected chi connectivity index (χ2v) is 4.18. The molecule has 1 aromatic carbocycles. The Kier molecular flexibility index (Phi) is 2.93. The Bertz CT molecular complexity index is 553. The van der Waals surface area contributed by atoms with Crippen molar-refractivity contribution in [3.8, 4) is 11.4 Å². The molecule has 1 N–H and O–H groups in total. The summed E-state index contributed by atoms with van der Waals surface area (Å²) in [6.07, 6.45) is 1.60. The highest BCUT2D eigenvalue weighted by molar-refractivity contribution is 9.10. The minimum atomic E-state index is -0.295. The predicted octanol–water partition coefficient (Wildman–Crippen LogP) is 3.71. The summed E-state index contributed by atoms with van der Waals surface area (Å²) < 4.78 is 14.2. The van der Waals surface area contributed by atoms with Gasteiger partial charge in [-0.3, -0.25) is 0 Å². The Hall–Kier alpha value is -1.07. The molecule has 0 aliphatic carbocycles. The molecular weight excluding hydrogens is 279 g/mol. The molecule has 2 aromatic rings. The van der Waals surface area contributed by atoms with Crippen LogP contribution in [0.1, 0.15) is 0 Å². The van der Waals surface area contributed by atoms with Crippen LogP contribution >= 0.6 is 28.1 Å². The average molecular weight is 285 g/mol. The molecule has 15 heavy (non-hydrogen) atoms. The lowest BCUT2D eigenvalue weighted by Crippen LogP contribution is -1.90. The SMILES string of the molecule is Fc1cccc(-c2ncc(Br)c(=S)[nH]2)c1. The smallest absolute Gasteiger partial charge is 0.138 e. The number of nitrogens with one attached hydrogen (secondary N) is 1. The van der Waals surface area contributed by atoms with E-state index in [2.05, 4.69) is 25.9 Å². The van der Waals surface area contributed by atoms with E-state index in [4.69, 9.17) is 12.2 Å². The van der Waals surface area contributed by atoms with Crippen molar-refractivity contribution in [2.45, 2.75) is 0 Å². The van der Waals surface area contributed by atoms with Crippen LogP contribution in [0, 0.1) is 10.5 Å². The Morgan fingerprint density at radius 3 is 2.87 bits per heavy atom. The molecular formula is C10H6BrFN2S. The van der Waals surface area contributed by atoms with E-state index in [1.165, 1.54) is 12.1 Å². The lowest BCUT2D eigenvalue weighted by Gasteiger charge is -2.01. The zero-order valence-corrected chi connectivity index (χ0v) is 9.90. The molecule has 0 aliphatic heterocycles. The number of hydrogen-bond donors (Lipinski definition) is 1. The molecule has 0 saturated heterocycles. The standard InChI is InChI=1S/C10H6BrFN2S/c11-8-5-13-9(14-10(8)15)6-2-1-3-7(12)4-6/h1-5H,(H,13,14,15). The Morgan fingerprint density at radius 1 is 1.40 bits per heavy atom. The van der Waals surface area contributed by atoms with E-state index in [1.54, 1.807) is 18.3 Å². The summed E-state index contributed by atoms with van der Waals surface area (Å²) in [5.41, 5.74) is 0.675. The van der Waals surface area contributed by atoms with Gasteiger partial charge in [0.05, 0.1) is 4.47 Å². The molecule has 0 radical (unpaired) electrons. The number of rotatable bonds is 1. The summed E-state index contributed by atoms with van der Waals surface area (Å²) in [6.45, 7) is 0. The second-order valence-electron chi connectivity index (χ2n) is 2.92. The van der Waals surface area contributed by atoms with Crippen LogP contribution in [0.3, 0.4) is 0 Å². The van der Waals surface area contributed by atoms with Gasteiger partial charge in [0.1, 0.15) is 16.3 Å². The van der Waals surface area contributed by atoms with E-state index < -0.39 is 0 Å². The average Bonchev–Trinajstić information content (AvgIpc) is 2.22. The third-order valence-electron chi connectivity index (χ3n) is 1.85. The highest BCUT2D eigenvalue weighted by Gasteiger charge is 2.01. The fourth-order valence-electron chi connectivity index (χ4n) is 1.16. The second kappa shape index (κ2) is 4.20.